The summed E-state index contributed by atoms with van der Waals surface area (Å²) in [5.74, 6) is 1.38. The molecule has 1 aromatic carbocycles. The Labute approximate surface area is 122 Å². The van der Waals surface area contributed by atoms with E-state index in [9.17, 15) is 5.11 Å². The fourth-order valence-electron chi connectivity index (χ4n) is 1.67. The molecule has 0 saturated heterocycles. The van der Waals surface area contributed by atoms with Crippen LogP contribution in [0.1, 0.15) is 11.5 Å². The lowest BCUT2D eigenvalue weighted by atomic mass is 10.3. The number of nitrogens with one attached hydrogen (secondary N) is 1. The summed E-state index contributed by atoms with van der Waals surface area (Å²) in [6.07, 6.45) is -0.613. The summed E-state index contributed by atoms with van der Waals surface area (Å²) in [5, 5.41) is 17.3. The van der Waals surface area contributed by atoms with Crippen molar-refractivity contribution in [2.24, 2.45) is 0 Å². The summed E-state index contributed by atoms with van der Waals surface area (Å²) in [6.45, 7) is 2.98. The summed E-state index contributed by atoms with van der Waals surface area (Å²) in [7, 11) is 0. The maximum absolute atomic E-state index is 9.80. The second-order valence-electron chi connectivity index (χ2n) is 4.49. The molecule has 108 valence electrons. The highest BCUT2D eigenvalue weighted by Crippen LogP contribution is 2.17. The number of aliphatic hydroxyl groups is 1. The van der Waals surface area contributed by atoms with Crippen LogP contribution in [-0.4, -0.2) is 29.5 Å². The molecule has 2 rings (SSSR count). The molecule has 0 spiro atoms. The maximum Gasteiger partial charge on any atom is 0.150 e. The topological polar surface area (TPSA) is 67.5 Å². The number of halogens is 1. The predicted octanol–water partition coefficient (Wildman–Crippen LogP) is 2.17. The summed E-state index contributed by atoms with van der Waals surface area (Å²) < 4.78 is 10.5. The zero-order chi connectivity index (χ0) is 14.4. The highest BCUT2D eigenvalue weighted by Gasteiger charge is 2.06. The SMILES string of the molecule is Cc1cc(CNCC(O)COc2cccc(Cl)c2)on1. The Morgan fingerprint density at radius 1 is 1.45 bits per heavy atom. The van der Waals surface area contributed by atoms with Gasteiger partial charge >= 0.3 is 0 Å². The predicted molar refractivity (Wildman–Crippen MR) is 75.9 cm³/mol. The Kier molecular flexibility index (Phi) is 5.40. The van der Waals surface area contributed by atoms with Gasteiger partial charge in [-0.3, -0.25) is 0 Å². The van der Waals surface area contributed by atoms with E-state index in [4.69, 9.17) is 20.9 Å². The Balaban J connectivity index is 1.66. The molecular weight excluding hydrogens is 280 g/mol. The molecule has 1 heterocycles. The van der Waals surface area contributed by atoms with Crippen LogP contribution in [0.15, 0.2) is 34.9 Å². The highest BCUT2D eigenvalue weighted by atomic mass is 35.5. The van der Waals surface area contributed by atoms with Gasteiger partial charge < -0.3 is 19.7 Å². The van der Waals surface area contributed by atoms with Crippen molar-refractivity contribution in [3.05, 3.63) is 46.8 Å². The molecule has 0 fully saturated rings. The van der Waals surface area contributed by atoms with Gasteiger partial charge in [-0.05, 0) is 25.1 Å². The Hall–Kier alpha value is -1.56. The van der Waals surface area contributed by atoms with Gasteiger partial charge in [0, 0.05) is 17.6 Å². The van der Waals surface area contributed by atoms with Gasteiger partial charge in [-0.15, -0.1) is 0 Å². The molecule has 0 saturated carbocycles. The van der Waals surface area contributed by atoms with E-state index in [1.54, 1.807) is 24.3 Å². The average Bonchev–Trinajstić information content (AvgIpc) is 2.82. The van der Waals surface area contributed by atoms with Crippen LogP contribution in [0.4, 0.5) is 0 Å². The van der Waals surface area contributed by atoms with Crippen molar-refractivity contribution < 1.29 is 14.4 Å². The number of benzene rings is 1. The Bertz CT molecular complexity index is 545. The quantitative estimate of drug-likeness (QED) is 0.819. The van der Waals surface area contributed by atoms with Gasteiger partial charge in [-0.25, -0.2) is 0 Å². The molecule has 0 amide bonds. The molecule has 20 heavy (non-hydrogen) atoms. The molecular formula is C14H17ClN2O3. The first-order valence-electron chi connectivity index (χ1n) is 6.33. The monoisotopic (exact) mass is 296 g/mol. The van der Waals surface area contributed by atoms with Gasteiger partial charge in [0.05, 0.1) is 12.2 Å². The third kappa shape index (κ3) is 4.85. The van der Waals surface area contributed by atoms with Gasteiger partial charge in [0.2, 0.25) is 0 Å². The lowest BCUT2D eigenvalue weighted by molar-refractivity contribution is 0.105. The minimum absolute atomic E-state index is 0.197. The van der Waals surface area contributed by atoms with E-state index >= 15 is 0 Å². The molecule has 0 bridgehead atoms. The van der Waals surface area contributed by atoms with Crippen LogP contribution in [-0.2, 0) is 6.54 Å². The van der Waals surface area contributed by atoms with Crippen molar-refractivity contribution in [2.75, 3.05) is 13.2 Å². The molecule has 2 aromatic rings. The van der Waals surface area contributed by atoms with E-state index in [1.807, 2.05) is 13.0 Å². The number of rotatable bonds is 7. The fourth-order valence-corrected chi connectivity index (χ4v) is 1.85. The third-order valence-electron chi connectivity index (χ3n) is 2.59. The van der Waals surface area contributed by atoms with Crippen molar-refractivity contribution in [3.8, 4) is 5.75 Å². The smallest absolute Gasteiger partial charge is 0.150 e. The van der Waals surface area contributed by atoms with Gasteiger partial charge in [0.15, 0.2) is 5.76 Å². The summed E-state index contributed by atoms with van der Waals surface area (Å²) in [6, 6.07) is 8.92. The molecule has 0 aliphatic rings. The van der Waals surface area contributed by atoms with Crippen molar-refractivity contribution in [3.63, 3.8) is 0 Å². The van der Waals surface area contributed by atoms with Crippen molar-refractivity contribution in [2.45, 2.75) is 19.6 Å². The largest absolute Gasteiger partial charge is 0.491 e. The molecule has 0 aliphatic heterocycles. The molecule has 0 radical (unpaired) electrons. The van der Waals surface area contributed by atoms with Crippen LogP contribution in [0, 0.1) is 6.92 Å². The van der Waals surface area contributed by atoms with Gasteiger partial charge in [-0.1, -0.05) is 22.8 Å². The molecule has 5 nitrogen and oxygen atoms in total. The lowest BCUT2D eigenvalue weighted by Crippen LogP contribution is -2.31. The van der Waals surface area contributed by atoms with Crippen molar-refractivity contribution in [1.29, 1.82) is 0 Å². The van der Waals surface area contributed by atoms with E-state index in [2.05, 4.69) is 10.5 Å². The number of nitrogens with zero attached hydrogens (tertiary/aromatic N) is 1. The number of aromatic nitrogens is 1. The third-order valence-corrected chi connectivity index (χ3v) is 2.83. The lowest BCUT2D eigenvalue weighted by Gasteiger charge is -2.12. The van der Waals surface area contributed by atoms with Crippen molar-refractivity contribution >= 4 is 11.6 Å². The van der Waals surface area contributed by atoms with Gasteiger partial charge in [-0.2, -0.15) is 0 Å². The second kappa shape index (κ2) is 7.28. The molecule has 0 aliphatic carbocycles. The van der Waals surface area contributed by atoms with E-state index < -0.39 is 6.10 Å². The van der Waals surface area contributed by atoms with Crippen LogP contribution >= 0.6 is 11.6 Å². The van der Waals surface area contributed by atoms with Crippen LogP contribution < -0.4 is 10.1 Å². The summed E-state index contributed by atoms with van der Waals surface area (Å²) >= 11 is 5.84. The summed E-state index contributed by atoms with van der Waals surface area (Å²) in [4.78, 5) is 0. The molecule has 1 unspecified atom stereocenters. The van der Waals surface area contributed by atoms with Crippen LogP contribution in [0.2, 0.25) is 5.02 Å². The summed E-state index contributed by atoms with van der Waals surface area (Å²) in [5.41, 5.74) is 0.839. The molecule has 1 atom stereocenters. The Morgan fingerprint density at radius 2 is 2.30 bits per heavy atom. The van der Waals surface area contributed by atoms with E-state index in [0.717, 1.165) is 11.5 Å². The van der Waals surface area contributed by atoms with E-state index in [0.29, 0.717) is 23.9 Å². The molecule has 2 N–H and O–H groups in total. The first-order valence-corrected chi connectivity index (χ1v) is 6.70. The number of ether oxygens (including phenoxy) is 1. The highest BCUT2D eigenvalue weighted by molar-refractivity contribution is 6.30. The van der Waals surface area contributed by atoms with Crippen molar-refractivity contribution in [1.82, 2.24) is 10.5 Å². The number of hydrogen-bond donors (Lipinski definition) is 2. The van der Waals surface area contributed by atoms with E-state index in [-0.39, 0.29) is 6.61 Å². The van der Waals surface area contributed by atoms with E-state index in [1.165, 1.54) is 0 Å². The maximum atomic E-state index is 9.80. The molecule has 6 heteroatoms. The number of aliphatic hydroxyl groups excluding tert-OH is 1. The number of aryl methyl sites for hydroxylation is 1. The zero-order valence-corrected chi connectivity index (χ0v) is 11.9. The van der Waals surface area contributed by atoms with Crippen LogP contribution in [0.25, 0.3) is 0 Å². The number of hydrogen-bond acceptors (Lipinski definition) is 5. The van der Waals surface area contributed by atoms with Gasteiger partial charge in [0.25, 0.3) is 0 Å². The first kappa shape index (κ1) is 14.8. The van der Waals surface area contributed by atoms with Gasteiger partial charge in [0.1, 0.15) is 18.5 Å². The zero-order valence-electron chi connectivity index (χ0n) is 11.2. The first-order chi connectivity index (χ1) is 9.63. The normalized spacial score (nSPS) is 12.3. The molecule has 1 aromatic heterocycles. The second-order valence-corrected chi connectivity index (χ2v) is 4.92. The van der Waals surface area contributed by atoms with Crippen LogP contribution in [0.3, 0.4) is 0 Å². The Morgan fingerprint density at radius 3 is 3.00 bits per heavy atom. The minimum atomic E-state index is -0.613. The van der Waals surface area contributed by atoms with Crippen LogP contribution in [0.5, 0.6) is 5.75 Å². The standard InChI is InChI=1S/C14H17ClN2O3/c1-10-5-14(20-17-10)8-16-7-12(18)9-19-13-4-2-3-11(15)6-13/h2-6,12,16,18H,7-9H2,1H3. The minimum Gasteiger partial charge on any atom is -0.491 e. The average molecular weight is 297 g/mol. The fraction of sp³-hybridized carbons (Fsp3) is 0.357.